The van der Waals surface area contributed by atoms with Crippen LogP contribution in [0.15, 0.2) is 0 Å². The smallest absolute Gasteiger partial charge is 0.0224 e. The van der Waals surface area contributed by atoms with Gasteiger partial charge in [-0.25, -0.2) is 0 Å². The van der Waals surface area contributed by atoms with Gasteiger partial charge in [0.05, 0.1) is 0 Å². The zero-order valence-corrected chi connectivity index (χ0v) is 12.9. The molecule has 0 aromatic carbocycles. The molecule has 0 N–H and O–H groups in total. The summed E-state index contributed by atoms with van der Waals surface area (Å²) in [6.07, 6.45) is 7.16. The van der Waals surface area contributed by atoms with Gasteiger partial charge in [0, 0.05) is 25.2 Å². The molecular formula is C16H31N3. The highest BCUT2D eigenvalue weighted by Crippen LogP contribution is 2.26. The highest BCUT2D eigenvalue weighted by Gasteiger charge is 2.34. The van der Waals surface area contributed by atoms with Gasteiger partial charge in [-0.05, 0) is 78.2 Å². The first-order chi connectivity index (χ1) is 9.22. The molecule has 0 saturated carbocycles. The summed E-state index contributed by atoms with van der Waals surface area (Å²) in [5.74, 6) is 0.991. The maximum Gasteiger partial charge on any atom is 0.0224 e. The minimum absolute atomic E-state index is 0.778. The molecule has 0 aromatic heterocycles. The fourth-order valence-electron chi connectivity index (χ4n) is 4.26. The summed E-state index contributed by atoms with van der Waals surface area (Å²) >= 11 is 0. The van der Waals surface area contributed by atoms with E-state index in [2.05, 4.69) is 28.7 Å². The molecule has 3 heterocycles. The number of hydrogen-bond acceptors (Lipinski definition) is 3. The SMILES string of the molecule is CC1CN2CCCC2CN1CCC1CCN(C)CC1. The van der Waals surface area contributed by atoms with Crippen LogP contribution >= 0.6 is 0 Å². The van der Waals surface area contributed by atoms with Crippen molar-refractivity contribution < 1.29 is 0 Å². The first kappa shape index (κ1) is 13.8. The number of rotatable bonds is 3. The van der Waals surface area contributed by atoms with E-state index in [1.165, 1.54) is 71.4 Å². The molecule has 3 rings (SSSR count). The molecule has 19 heavy (non-hydrogen) atoms. The number of likely N-dealkylation sites (tertiary alicyclic amines) is 1. The van der Waals surface area contributed by atoms with Crippen LogP contribution in [0.3, 0.4) is 0 Å². The number of nitrogens with zero attached hydrogens (tertiary/aromatic N) is 3. The van der Waals surface area contributed by atoms with E-state index in [4.69, 9.17) is 0 Å². The highest BCUT2D eigenvalue weighted by atomic mass is 15.3. The maximum absolute atomic E-state index is 2.78. The lowest BCUT2D eigenvalue weighted by atomic mass is 9.93. The van der Waals surface area contributed by atoms with Gasteiger partial charge in [-0.15, -0.1) is 0 Å². The van der Waals surface area contributed by atoms with Crippen LogP contribution in [0.25, 0.3) is 0 Å². The van der Waals surface area contributed by atoms with Crippen molar-refractivity contribution in [2.45, 2.75) is 51.1 Å². The minimum atomic E-state index is 0.778. The van der Waals surface area contributed by atoms with Crippen LogP contribution in [0.5, 0.6) is 0 Å². The van der Waals surface area contributed by atoms with Crippen LogP contribution in [0.4, 0.5) is 0 Å². The van der Waals surface area contributed by atoms with Crippen LogP contribution in [0.1, 0.15) is 39.0 Å². The average Bonchev–Trinajstić information content (AvgIpc) is 2.85. The first-order valence-corrected chi connectivity index (χ1v) is 8.39. The molecule has 3 aliphatic heterocycles. The third kappa shape index (κ3) is 3.32. The van der Waals surface area contributed by atoms with Crippen molar-refractivity contribution in [2.24, 2.45) is 5.92 Å². The Morgan fingerprint density at radius 3 is 2.58 bits per heavy atom. The molecule has 2 atom stereocenters. The molecule has 0 radical (unpaired) electrons. The van der Waals surface area contributed by atoms with Gasteiger partial charge >= 0.3 is 0 Å². The van der Waals surface area contributed by atoms with Crippen molar-refractivity contribution in [3.8, 4) is 0 Å². The van der Waals surface area contributed by atoms with Gasteiger partial charge in [-0.1, -0.05) is 0 Å². The third-order valence-corrected chi connectivity index (χ3v) is 5.73. The second-order valence-corrected chi connectivity index (χ2v) is 7.17. The molecule has 110 valence electrons. The molecule has 0 aromatic rings. The topological polar surface area (TPSA) is 9.72 Å². The Kier molecular flexibility index (Phi) is 4.45. The Morgan fingerprint density at radius 2 is 1.79 bits per heavy atom. The monoisotopic (exact) mass is 265 g/mol. The van der Waals surface area contributed by atoms with Crippen LogP contribution in [0.2, 0.25) is 0 Å². The predicted octanol–water partition coefficient (Wildman–Crippen LogP) is 1.89. The summed E-state index contributed by atoms with van der Waals surface area (Å²) in [6.45, 7) is 10.4. The fourth-order valence-corrected chi connectivity index (χ4v) is 4.26. The Bertz CT molecular complexity index is 286. The normalized spacial score (nSPS) is 35.7. The Labute approximate surface area is 118 Å². The summed E-state index contributed by atoms with van der Waals surface area (Å²) in [5.41, 5.74) is 0. The zero-order valence-electron chi connectivity index (χ0n) is 12.9. The molecule has 3 aliphatic rings. The van der Waals surface area contributed by atoms with Gasteiger partial charge in [0.2, 0.25) is 0 Å². The molecule has 0 spiro atoms. The minimum Gasteiger partial charge on any atom is -0.306 e. The number of hydrogen-bond donors (Lipinski definition) is 0. The van der Waals surface area contributed by atoms with Crippen molar-refractivity contribution in [2.75, 3.05) is 46.3 Å². The quantitative estimate of drug-likeness (QED) is 0.771. The lowest BCUT2D eigenvalue weighted by Gasteiger charge is -2.43. The summed E-state index contributed by atoms with van der Waals surface area (Å²) in [5, 5.41) is 0. The molecule has 0 aliphatic carbocycles. The number of piperazine rings is 1. The van der Waals surface area contributed by atoms with E-state index in [0.29, 0.717) is 0 Å². The Hall–Kier alpha value is -0.120. The molecule has 3 saturated heterocycles. The van der Waals surface area contributed by atoms with Crippen molar-refractivity contribution >= 4 is 0 Å². The predicted molar refractivity (Wildman–Crippen MR) is 80.5 cm³/mol. The molecule has 3 heteroatoms. The van der Waals surface area contributed by atoms with Crippen LogP contribution in [0, 0.1) is 5.92 Å². The van der Waals surface area contributed by atoms with Gasteiger partial charge in [0.15, 0.2) is 0 Å². The van der Waals surface area contributed by atoms with Gasteiger partial charge in [0.1, 0.15) is 0 Å². The van der Waals surface area contributed by atoms with E-state index < -0.39 is 0 Å². The Morgan fingerprint density at radius 1 is 1.00 bits per heavy atom. The average molecular weight is 265 g/mol. The van der Waals surface area contributed by atoms with Crippen LogP contribution in [-0.2, 0) is 0 Å². The molecule has 2 unspecified atom stereocenters. The molecule has 0 bridgehead atoms. The van der Waals surface area contributed by atoms with Crippen molar-refractivity contribution in [1.29, 1.82) is 0 Å². The van der Waals surface area contributed by atoms with E-state index in [1.54, 1.807) is 0 Å². The van der Waals surface area contributed by atoms with Gasteiger partial charge in [-0.2, -0.15) is 0 Å². The summed E-state index contributed by atoms with van der Waals surface area (Å²) in [6, 6.07) is 1.66. The zero-order chi connectivity index (χ0) is 13.2. The van der Waals surface area contributed by atoms with E-state index in [-0.39, 0.29) is 0 Å². The van der Waals surface area contributed by atoms with Crippen molar-refractivity contribution in [3.05, 3.63) is 0 Å². The fraction of sp³-hybridized carbons (Fsp3) is 1.00. The Balaban J connectivity index is 1.44. The van der Waals surface area contributed by atoms with E-state index in [1.807, 2.05) is 0 Å². The standard InChI is InChI=1S/C16H31N3/c1-14-12-19-8-3-4-16(19)13-18(14)11-7-15-5-9-17(2)10-6-15/h14-16H,3-13H2,1-2H3. The summed E-state index contributed by atoms with van der Waals surface area (Å²) in [7, 11) is 2.26. The first-order valence-electron chi connectivity index (χ1n) is 8.39. The second kappa shape index (κ2) is 6.11. The lowest BCUT2D eigenvalue weighted by Crippen LogP contribution is -2.55. The second-order valence-electron chi connectivity index (χ2n) is 7.17. The van der Waals surface area contributed by atoms with Gasteiger partial charge in [-0.3, -0.25) is 9.80 Å². The molecule has 3 nitrogen and oxygen atoms in total. The van der Waals surface area contributed by atoms with Crippen LogP contribution in [-0.4, -0.2) is 73.1 Å². The van der Waals surface area contributed by atoms with E-state index in [0.717, 1.165) is 18.0 Å². The van der Waals surface area contributed by atoms with E-state index >= 15 is 0 Å². The van der Waals surface area contributed by atoms with Gasteiger partial charge < -0.3 is 4.90 Å². The van der Waals surface area contributed by atoms with Crippen molar-refractivity contribution in [3.63, 3.8) is 0 Å². The summed E-state index contributed by atoms with van der Waals surface area (Å²) in [4.78, 5) is 8.00. The number of piperidine rings is 1. The highest BCUT2D eigenvalue weighted by molar-refractivity contribution is 4.90. The van der Waals surface area contributed by atoms with E-state index in [9.17, 15) is 0 Å². The third-order valence-electron chi connectivity index (χ3n) is 5.73. The molecule has 0 amide bonds. The largest absolute Gasteiger partial charge is 0.306 e. The molecular weight excluding hydrogens is 234 g/mol. The maximum atomic E-state index is 2.78. The van der Waals surface area contributed by atoms with Crippen LogP contribution < -0.4 is 0 Å². The lowest BCUT2D eigenvalue weighted by molar-refractivity contribution is 0.0526. The number of fused-ring (bicyclic) bond motifs is 1. The van der Waals surface area contributed by atoms with Crippen molar-refractivity contribution in [1.82, 2.24) is 14.7 Å². The van der Waals surface area contributed by atoms with Gasteiger partial charge in [0.25, 0.3) is 0 Å². The summed E-state index contributed by atoms with van der Waals surface area (Å²) < 4.78 is 0. The molecule has 3 fully saturated rings.